The van der Waals surface area contributed by atoms with E-state index in [1.165, 1.54) is 29.4 Å². The molecule has 25 heavy (non-hydrogen) atoms. The zero-order valence-corrected chi connectivity index (χ0v) is 15.9. The van der Waals surface area contributed by atoms with Crippen LogP contribution in [0.25, 0.3) is 10.2 Å². The molecule has 8 heteroatoms. The monoisotopic (exact) mass is 379 g/mol. The number of carbonyl (C=O) groups excluding carboxylic acids is 2. The van der Waals surface area contributed by atoms with Crippen LogP contribution in [0.4, 0.5) is 0 Å². The van der Waals surface area contributed by atoms with Crippen LogP contribution in [0, 0.1) is 0 Å². The van der Waals surface area contributed by atoms with Crippen molar-refractivity contribution in [3.8, 4) is 0 Å². The number of rotatable bonds is 5. The fourth-order valence-corrected chi connectivity index (χ4v) is 4.76. The van der Waals surface area contributed by atoms with Crippen LogP contribution in [0.2, 0.25) is 0 Å². The van der Waals surface area contributed by atoms with Crippen LogP contribution in [0.3, 0.4) is 0 Å². The molecule has 2 aromatic rings. The van der Waals surface area contributed by atoms with E-state index in [-0.39, 0.29) is 30.4 Å². The Morgan fingerprint density at radius 2 is 2.08 bits per heavy atom. The summed E-state index contributed by atoms with van der Waals surface area (Å²) in [5.41, 5.74) is 0. The predicted molar refractivity (Wildman–Crippen MR) is 98.7 cm³/mol. The Kier molecular flexibility index (Phi) is 5.90. The SMILES string of the molecule is C[C@@H]1CCC[C@H](C)N1C(=O)COC(=O)CSc1ncnc2sccc12. The Balaban J connectivity index is 1.49. The second-order valence-electron chi connectivity index (χ2n) is 6.20. The van der Waals surface area contributed by atoms with Gasteiger partial charge in [-0.25, -0.2) is 9.97 Å². The van der Waals surface area contributed by atoms with Crippen molar-refractivity contribution in [2.75, 3.05) is 12.4 Å². The van der Waals surface area contributed by atoms with E-state index in [9.17, 15) is 9.59 Å². The maximum atomic E-state index is 12.4. The number of thiophene rings is 1. The summed E-state index contributed by atoms with van der Waals surface area (Å²) in [6.07, 6.45) is 4.64. The molecule has 2 aromatic heterocycles. The summed E-state index contributed by atoms with van der Waals surface area (Å²) in [6, 6.07) is 2.35. The highest BCUT2D eigenvalue weighted by Crippen LogP contribution is 2.27. The number of thioether (sulfide) groups is 1. The van der Waals surface area contributed by atoms with Gasteiger partial charge in [-0.2, -0.15) is 0 Å². The summed E-state index contributed by atoms with van der Waals surface area (Å²) in [5.74, 6) is -0.390. The number of hydrogen-bond acceptors (Lipinski definition) is 7. The largest absolute Gasteiger partial charge is 0.455 e. The third kappa shape index (κ3) is 4.30. The van der Waals surface area contributed by atoms with E-state index in [0.717, 1.165) is 34.5 Å². The fourth-order valence-electron chi connectivity index (χ4n) is 3.18. The molecule has 0 N–H and O–H groups in total. The Bertz CT molecular complexity index is 754. The van der Waals surface area contributed by atoms with E-state index in [2.05, 4.69) is 9.97 Å². The van der Waals surface area contributed by atoms with Gasteiger partial charge < -0.3 is 9.64 Å². The van der Waals surface area contributed by atoms with E-state index in [0.29, 0.717) is 0 Å². The number of likely N-dealkylation sites (tertiary alicyclic amines) is 1. The summed E-state index contributed by atoms with van der Waals surface area (Å²) in [4.78, 5) is 35.5. The summed E-state index contributed by atoms with van der Waals surface area (Å²) >= 11 is 2.84. The van der Waals surface area contributed by atoms with E-state index >= 15 is 0 Å². The zero-order valence-electron chi connectivity index (χ0n) is 14.3. The number of ether oxygens (including phenoxy) is 1. The molecule has 0 spiro atoms. The molecule has 0 unspecified atom stereocenters. The van der Waals surface area contributed by atoms with Crippen molar-refractivity contribution in [2.24, 2.45) is 0 Å². The molecule has 0 saturated carbocycles. The number of piperidine rings is 1. The van der Waals surface area contributed by atoms with Crippen molar-refractivity contribution in [1.29, 1.82) is 0 Å². The Morgan fingerprint density at radius 1 is 1.32 bits per heavy atom. The first-order valence-corrected chi connectivity index (χ1v) is 10.2. The van der Waals surface area contributed by atoms with Gasteiger partial charge in [0.1, 0.15) is 16.2 Å². The van der Waals surface area contributed by atoms with Crippen molar-refractivity contribution in [2.45, 2.75) is 50.2 Å². The molecule has 1 amide bonds. The molecule has 6 nitrogen and oxygen atoms in total. The number of fused-ring (bicyclic) bond motifs is 1. The molecule has 3 rings (SSSR count). The summed E-state index contributed by atoms with van der Waals surface area (Å²) < 4.78 is 5.18. The van der Waals surface area contributed by atoms with Gasteiger partial charge in [0.15, 0.2) is 6.61 Å². The van der Waals surface area contributed by atoms with Crippen molar-refractivity contribution < 1.29 is 14.3 Å². The minimum absolute atomic E-state index is 0.111. The van der Waals surface area contributed by atoms with Crippen LogP contribution in [0.1, 0.15) is 33.1 Å². The van der Waals surface area contributed by atoms with Gasteiger partial charge in [0.25, 0.3) is 5.91 Å². The number of hydrogen-bond donors (Lipinski definition) is 0. The summed E-state index contributed by atoms with van der Waals surface area (Å²) in [6.45, 7) is 3.91. The molecule has 1 saturated heterocycles. The van der Waals surface area contributed by atoms with Gasteiger partial charge in [-0.05, 0) is 44.6 Å². The average molecular weight is 380 g/mol. The smallest absolute Gasteiger partial charge is 0.316 e. The van der Waals surface area contributed by atoms with E-state index in [1.54, 1.807) is 0 Å². The predicted octanol–water partition coefficient (Wildman–Crippen LogP) is 3.12. The molecule has 0 bridgehead atoms. The van der Waals surface area contributed by atoms with Gasteiger partial charge >= 0.3 is 5.97 Å². The summed E-state index contributed by atoms with van der Waals surface area (Å²) in [7, 11) is 0. The minimum atomic E-state index is -0.405. The van der Waals surface area contributed by atoms with Crippen LogP contribution in [-0.2, 0) is 14.3 Å². The van der Waals surface area contributed by atoms with Gasteiger partial charge in [0.2, 0.25) is 0 Å². The van der Waals surface area contributed by atoms with Crippen molar-refractivity contribution in [3.05, 3.63) is 17.8 Å². The third-order valence-corrected chi connectivity index (χ3v) is 6.19. The summed E-state index contributed by atoms with van der Waals surface area (Å²) in [5, 5.41) is 3.64. The van der Waals surface area contributed by atoms with Crippen LogP contribution in [-0.4, -0.2) is 51.2 Å². The lowest BCUT2D eigenvalue weighted by Gasteiger charge is -2.38. The molecular weight excluding hydrogens is 358 g/mol. The average Bonchev–Trinajstić information content (AvgIpc) is 3.07. The van der Waals surface area contributed by atoms with Gasteiger partial charge in [0.05, 0.1) is 5.75 Å². The van der Waals surface area contributed by atoms with E-state index < -0.39 is 5.97 Å². The molecule has 0 aromatic carbocycles. The normalized spacial score (nSPS) is 20.6. The standard InChI is InChI=1S/C17H21N3O3S2/c1-11-4-3-5-12(2)20(11)14(21)8-23-15(22)9-25-17-13-6-7-24-16(13)18-10-19-17/h6-7,10-12H,3-5,8-9H2,1-2H3/t11-,12+. The highest BCUT2D eigenvalue weighted by molar-refractivity contribution is 8.00. The van der Waals surface area contributed by atoms with E-state index in [4.69, 9.17) is 4.74 Å². The lowest BCUT2D eigenvalue weighted by molar-refractivity contribution is -0.153. The first kappa shape index (κ1) is 18.1. The van der Waals surface area contributed by atoms with Gasteiger partial charge in [-0.15, -0.1) is 11.3 Å². The molecule has 134 valence electrons. The second-order valence-corrected chi connectivity index (χ2v) is 8.06. The van der Waals surface area contributed by atoms with Gasteiger partial charge in [0, 0.05) is 17.5 Å². The highest BCUT2D eigenvalue weighted by atomic mass is 32.2. The van der Waals surface area contributed by atoms with Crippen molar-refractivity contribution in [3.63, 3.8) is 0 Å². The van der Waals surface area contributed by atoms with Crippen LogP contribution < -0.4 is 0 Å². The Hall–Kier alpha value is -1.67. The molecule has 1 fully saturated rings. The number of aromatic nitrogens is 2. The van der Waals surface area contributed by atoms with E-state index in [1.807, 2.05) is 30.2 Å². The van der Waals surface area contributed by atoms with Crippen LogP contribution in [0.5, 0.6) is 0 Å². The van der Waals surface area contributed by atoms with Crippen LogP contribution >= 0.6 is 23.1 Å². The number of esters is 1. The topological polar surface area (TPSA) is 72.4 Å². The Labute approximate surface area is 155 Å². The molecule has 0 aliphatic carbocycles. The highest BCUT2D eigenvalue weighted by Gasteiger charge is 2.29. The molecule has 1 aliphatic rings. The first-order chi connectivity index (χ1) is 12.1. The van der Waals surface area contributed by atoms with Gasteiger partial charge in [-0.1, -0.05) is 11.8 Å². The maximum Gasteiger partial charge on any atom is 0.316 e. The number of carbonyl (C=O) groups is 2. The maximum absolute atomic E-state index is 12.4. The number of amides is 1. The van der Waals surface area contributed by atoms with Crippen molar-refractivity contribution >= 4 is 45.2 Å². The molecule has 1 aliphatic heterocycles. The third-order valence-electron chi connectivity index (χ3n) is 4.39. The lowest BCUT2D eigenvalue weighted by Crippen LogP contribution is -2.49. The van der Waals surface area contributed by atoms with Crippen molar-refractivity contribution in [1.82, 2.24) is 14.9 Å². The molecule has 2 atom stereocenters. The van der Waals surface area contributed by atoms with Crippen LogP contribution in [0.15, 0.2) is 22.8 Å². The second kappa shape index (κ2) is 8.14. The Morgan fingerprint density at radius 3 is 2.84 bits per heavy atom. The van der Waals surface area contributed by atoms with Gasteiger partial charge in [-0.3, -0.25) is 9.59 Å². The number of nitrogens with zero attached hydrogens (tertiary/aromatic N) is 3. The zero-order chi connectivity index (χ0) is 17.8. The molecule has 3 heterocycles. The minimum Gasteiger partial charge on any atom is -0.455 e. The molecular formula is C17H21N3O3S2. The fraction of sp³-hybridized carbons (Fsp3) is 0.529. The first-order valence-electron chi connectivity index (χ1n) is 8.34. The lowest BCUT2D eigenvalue weighted by atomic mass is 9.97. The quantitative estimate of drug-likeness (QED) is 0.451. The molecule has 0 radical (unpaired) electrons.